The highest BCUT2D eigenvalue weighted by Gasteiger charge is 2.31. The summed E-state index contributed by atoms with van der Waals surface area (Å²) in [5.74, 6) is 0.261. The van der Waals surface area contributed by atoms with Gasteiger partial charge in [-0.15, -0.1) is 0 Å². The van der Waals surface area contributed by atoms with E-state index in [2.05, 4.69) is 17.4 Å². The van der Waals surface area contributed by atoms with Crippen LogP contribution in [0.15, 0.2) is 24.3 Å². The molecule has 1 aliphatic carbocycles. The smallest absolute Gasteiger partial charge is 0.227 e. The fourth-order valence-corrected chi connectivity index (χ4v) is 2.27. The molecule has 0 bridgehead atoms. The van der Waals surface area contributed by atoms with E-state index in [1.54, 1.807) is 0 Å². The van der Waals surface area contributed by atoms with Gasteiger partial charge >= 0.3 is 0 Å². The van der Waals surface area contributed by atoms with Gasteiger partial charge in [-0.3, -0.25) is 4.79 Å². The molecule has 0 fully saturated rings. The molecule has 2 rings (SSSR count). The maximum Gasteiger partial charge on any atom is 0.227 e. The van der Waals surface area contributed by atoms with Crippen molar-refractivity contribution in [3.8, 4) is 0 Å². The molecule has 0 radical (unpaired) electrons. The molecule has 1 unspecified atom stereocenters. The minimum Gasteiger partial charge on any atom is -0.356 e. The van der Waals surface area contributed by atoms with Crippen LogP contribution in [0.5, 0.6) is 0 Å². The average Bonchev–Trinajstić information content (AvgIpc) is 2.30. The number of benzene rings is 1. The van der Waals surface area contributed by atoms with Gasteiger partial charge in [-0.1, -0.05) is 30.7 Å². The highest BCUT2D eigenvalue weighted by Crippen LogP contribution is 2.34. The Kier molecular flexibility index (Phi) is 4.15. The Labute approximate surface area is 102 Å². The van der Waals surface area contributed by atoms with Gasteiger partial charge in [-0.25, -0.2) is 0 Å². The number of carbonyl (C=O) groups excluding carboxylic acids is 1. The van der Waals surface area contributed by atoms with Crippen LogP contribution in [0.4, 0.5) is 0 Å². The molecular formula is C14H20N2O. The number of unbranched alkanes of at least 4 members (excludes halogenated alkanes) is 2. The van der Waals surface area contributed by atoms with E-state index in [1.165, 1.54) is 11.1 Å². The maximum atomic E-state index is 11.9. The van der Waals surface area contributed by atoms with Crippen LogP contribution >= 0.6 is 0 Å². The lowest BCUT2D eigenvalue weighted by Crippen LogP contribution is -2.35. The number of nitrogens with one attached hydrogen (secondary N) is 1. The van der Waals surface area contributed by atoms with Gasteiger partial charge < -0.3 is 11.1 Å². The second-order valence-electron chi connectivity index (χ2n) is 4.60. The van der Waals surface area contributed by atoms with E-state index in [1.807, 2.05) is 12.1 Å². The van der Waals surface area contributed by atoms with Gasteiger partial charge in [0, 0.05) is 6.54 Å². The molecule has 0 aliphatic heterocycles. The number of nitrogens with two attached hydrogens (primary N) is 1. The molecule has 1 aromatic carbocycles. The summed E-state index contributed by atoms with van der Waals surface area (Å²) in [6, 6.07) is 8.18. The summed E-state index contributed by atoms with van der Waals surface area (Å²) in [6.07, 6.45) is 4.06. The third-order valence-electron chi connectivity index (χ3n) is 3.35. The lowest BCUT2D eigenvalue weighted by molar-refractivity contribution is -0.123. The standard InChI is InChI=1S/C14H20N2O/c15-8-4-1-5-9-16-14(17)13-10-11-6-2-3-7-12(11)13/h2-3,6-7,13H,1,4-5,8-10,15H2,(H,16,17). The minimum absolute atomic E-state index is 0.0840. The summed E-state index contributed by atoms with van der Waals surface area (Å²) >= 11 is 0. The van der Waals surface area contributed by atoms with Crippen molar-refractivity contribution in [2.45, 2.75) is 31.6 Å². The number of fused-ring (bicyclic) bond motifs is 1. The Bertz CT molecular complexity index is 390. The highest BCUT2D eigenvalue weighted by molar-refractivity contribution is 5.86. The van der Waals surface area contributed by atoms with Crippen LogP contribution in [-0.2, 0) is 11.2 Å². The molecule has 1 aliphatic rings. The molecule has 0 heterocycles. The fourth-order valence-electron chi connectivity index (χ4n) is 2.27. The molecule has 3 nitrogen and oxygen atoms in total. The zero-order valence-electron chi connectivity index (χ0n) is 10.1. The topological polar surface area (TPSA) is 55.1 Å². The molecule has 0 saturated heterocycles. The zero-order valence-corrected chi connectivity index (χ0v) is 10.1. The van der Waals surface area contributed by atoms with Crippen LogP contribution < -0.4 is 11.1 Å². The van der Waals surface area contributed by atoms with Crippen LogP contribution in [0, 0.1) is 0 Å². The highest BCUT2D eigenvalue weighted by atomic mass is 16.1. The SMILES string of the molecule is NCCCCCNC(=O)C1Cc2ccccc21. The monoisotopic (exact) mass is 232 g/mol. The molecule has 0 saturated carbocycles. The first-order valence-electron chi connectivity index (χ1n) is 6.38. The van der Waals surface area contributed by atoms with Crippen molar-refractivity contribution in [3.05, 3.63) is 35.4 Å². The van der Waals surface area contributed by atoms with Gasteiger partial charge in [0.25, 0.3) is 0 Å². The lowest BCUT2D eigenvalue weighted by Gasteiger charge is -2.28. The lowest BCUT2D eigenvalue weighted by atomic mass is 9.77. The molecule has 0 spiro atoms. The van der Waals surface area contributed by atoms with Crippen molar-refractivity contribution >= 4 is 5.91 Å². The summed E-state index contributed by atoms with van der Waals surface area (Å²) in [7, 11) is 0. The molecule has 17 heavy (non-hydrogen) atoms. The van der Waals surface area contributed by atoms with E-state index < -0.39 is 0 Å². The van der Waals surface area contributed by atoms with Gasteiger partial charge in [0.15, 0.2) is 0 Å². The number of hydrogen-bond acceptors (Lipinski definition) is 2. The summed E-state index contributed by atoms with van der Waals surface area (Å²) in [5.41, 5.74) is 7.93. The summed E-state index contributed by atoms with van der Waals surface area (Å²) in [6.45, 7) is 1.52. The Hall–Kier alpha value is -1.35. The first kappa shape index (κ1) is 12.1. The van der Waals surface area contributed by atoms with E-state index in [0.717, 1.165) is 38.8 Å². The van der Waals surface area contributed by atoms with Crippen molar-refractivity contribution < 1.29 is 4.79 Å². The Morgan fingerprint density at radius 1 is 1.29 bits per heavy atom. The predicted octanol–water partition coefficient (Wildman–Crippen LogP) is 1.57. The van der Waals surface area contributed by atoms with Crippen molar-refractivity contribution in [1.29, 1.82) is 0 Å². The predicted molar refractivity (Wildman–Crippen MR) is 68.8 cm³/mol. The fraction of sp³-hybridized carbons (Fsp3) is 0.500. The first-order valence-corrected chi connectivity index (χ1v) is 6.38. The Balaban J connectivity index is 1.72. The quantitative estimate of drug-likeness (QED) is 0.731. The van der Waals surface area contributed by atoms with E-state index >= 15 is 0 Å². The third-order valence-corrected chi connectivity index (χ3v) is 3.35. The van der Waals surface area contributed by atoms with Crippen LogP contribution in [0.1, 0.15) is 36.3 Å². The van der Waals surface area contributed by atoms with Crippen molar-refractivity contribution in [2.75, 3.05) is 13.1 Å². The summed E-state index contributed by atoms with van der Waals surface area (Å²) in [4.78, 5) is 11.9. The number of amides is 1. The molecular weight excluding hydrogens is 212 g/mol. The van der Waals surface area contributed by atoms with Crippen LogP contribution in [-0.4, -0.2) is 19.0 Å². The van der Waals surface area contributed by atoms with Crippen molar-refractivity contribution in [2.24, 2.45) is 5.73 Å². The third kappa shape index (κ3) is 2.86. The Morgan fingerprint density at radius 2 is 2.12 bits per heavy atom. The number of hydrogen-bond donors (Lipinski definition) is 2. The van der Waals surface area contributed by atoms with E-state index in [4.69, 9.17) is 5.73 Å². The Morgan fingerprint density at radius 3 is 2.88 bits per heavy atom. The number of rotatable bonds is 6. The van der Waals surface area contributed by atoms with Crippen molar-refractivity contribution in [1.82, 2.24) is 5.32 Å². The van der Waals surface area contributed by atoms with E-state index in [-0.39, 0.29) is 11.8 Å². The molecule has 1 amide bonds. The zero-order chi connectivity index (χ0) is 12.1. The maximum absolute atomic E-state index is 11.9. The van der Waals surface area contributed by atoms with Gasteiger partial charge in [0.05, 0.1) is 5.92 Å². The van der Waals surface area contributed by atoms with Gasteiger partial charge in [-0.05, 0) is 36.9 Å². The largest absolute Gasteiger partial charge is 0.356 e. The first-order chi connectivity index (χ1) is 8.33. The van der Waals surface area contributed by atoms with Crippen LogP contribution in [0.25, 0.3) is 0 Å². The molecule has 0 aromatic heterocycles. The normalized spacial score (nSPS) is 17.1. The van der Waals surface area contributed by atoms with Gasteiger partial charge in [-0.2, -0.15) is 0 Å². The number of carbonyl (C=O) groups is 1. The van der Waals surface area contributed by atoms with E-state index in [9.17, 15) is 4.79 Å². The second-order valence-corrected chi connectivity index (χ2v) is 4.60. The van der Waals surface area contributed by atoms with Gasteiger partial charge in [0.2, 0.25) is 5.91 Å². The molecule has 1 atom stereocenters. The summed E-state index contributed by atoms with van der Waals surface area (Å²) in [5, 5.41) is 3.00. The molecule has 92 valence electrons. The van der Waals surface area contributed by atoms with E-state index in [0.29, 0.717) is 0 Å². The molecule has 3 N–H and O–H groups in total. The second kappa shape index (κ2) is 5.82. The van der Waals surface area contributed by atoms with Crippen molar-refractivity contribution in [3.63, 3.8) is 0 Å². The van der Waals surface area contributed by atoms with Crippen LogP contribution in [0.2, 0.25) is 0 Å². The molecule has 3 heteroatoms. The van der Waals surface area contributed by atoms with Gasteiger partial charge in [0.1, 0.15) is 0 Å². The minimum atomic E-state index is 0.0840. The summed E-state index contributed by atoms with van der Waals surface area (Å²) < 4.78 is 0. The molecule has 1 aromatic rings. The van der Waals surface area contributed by atoms with Crippen LogP contribution in [0.3, 0.4) is 0 Å². The average molecular weight is 232 g/mol.